The lowest BCUT2D eigenvalue weighted by Crippen LogP contribution is -2.35. The lowest BCUT2D eigenvalue weighted by atomic mass is 10.1. The fourth-order valence-electron chi connectivity index (χ4n) is 2.40. The SMILES string of the molecule is NC(I)/N=c1/c2ccccc2nc([C@H](O)c2ccccc2)n1N. The molecule has 0 saturated carbocycles. The van der Waals surface area contributed by atoms with Crippen molar-refractivity contribution in [3.63, 3.8) is 0 Å². The first-order valence-corrected chi connectivity index (χ1v) is 8.26. The molecule has 0 radical (unpaired) electrons. The second kappa shape index (κ2) is 6.65. The Labute approximate surface area is 146 Å². The Morgan fingerprint density at radius 2 is 1.74 bits per heavy atom. The minimum absolute atomic E-state index is 0.311. The molecule has 3 aromatic rings. The molecule has 2 atom stereocenters. The van der Waals surface area contributed by atoms with E-state index in [0.29, 0.717) is 22.4 Å². The van der Waals surface area contributed by atoms with Crippen LogP contribution in [0.5, 0.6) is 0 Å². The topological polar surface area (TPSA) is 102 Å². The lowest BCUT2D eigenvalue weighted by Gasteiger charge is -2.16. The van der Waals surface area contributed by atoms with Gasteiger partial charge >= 0.3 is 0 Å². The molecule has 0 amide bonds. The molecule has 0 spiro atoms. The number of halogens is 1. The Kier molecular flexibility index (Phi) is 4.60. The predicted octanol–water partition coefficient (Wildman–Crippen LogP) is 1.41. The number of hydrogen-bond acceptors (Lipinski definition) is 5. The summed E-state index contributed by atoms with van der Waals surface area (Å²) in [4.78, 5) is 8.88. The highest BCUT2D eigenvalue weighted by molar-refractivity contribution is 14.1. The van der Waals surface area contributed by atoms with Crippen molar-refractivity contribution in [2.75, 3.05) is 5.84 Å². The van der Waals surface area contributed by atoms with Gasteiger partial charge in [-0.15, -0.1) is 0 Å². The Hall–Kier alpha value is -1.97. The molecule has 6 nitrogen and oxygen atoms in total. The van der Waals surface area contributed by atoms with Gasteiger partial charge in [0.15, 0.2) is 15.5 Å². The van der Waals surface area contributed by atoms with Crippen molar-refractivity contribution < 1.29 is 5.11 Å². The molecule has 2 aromatic carbocycles. The number of hydrogen-bond donors (Lipinski definition) is 3. The zero-order valence-corrected chi connectivity index (χ0v) is 14.3. The summed E-state index contributed by atoms with van der Waals surface area (Å²) in [6, 6.07) is 16.7. The van der Waals surface area contributed by atoms with Crippen LogP contribution in [0.25, 0.3) is 10.9 Å². The first-order chi connectivity index (χ1) is 11.1. The third-order valence-corrected chi connectivity index (χ3v) is 3.74. The van der Waals surface area contributed by atoms with Crippen LogP contribution in [0.15, 0.2) is 59.6 Å². The van der Waals surface area contributed by atoms with Crippen LogP contribution in [0.1, 0.15) is 17.5 Å². The Morgan fingerprint density at radius 3 is 2.43 bits per heavy atom. The number of nitrogens with zero attached hydrogens (tertiary/aromatic N) is 3. The van der Waals surface area contributed by atoms with Gasteiger partial charge in [0, 0.05) is 5.39 Å². The molecular weight excluding hydrogens is 405 g/mol. The second-order valence-electron chi connectivity index (χ2n) is 5.00. The minimum Gasteiger partial charge on any atom is -0.380 e. The summed E-state index contributed by atoms with van der Waals surface area (Å²) in [5.41, 5.74) is 7.69. The molecule has 0 aliphatic carbocycles. The Bertz CT molecular complexity index is 892. The van der Waals surface area contributed by atoms with Gasteiger partial charge in [-0.1, -0.05) is 42.5 Å². The maximum atomic E-state index is 10.7. The van der Waals surface area contributed by atoms with Crippen LogP contribution in [0.3, 0.4) is 0 Å². The number of fused-ring (bicyclic) bond motifs is 1. The molecule has 3 rings (SSSR count). The third kappa shape index (κ3) is 3.21. The third-order valence-electron chi connectivity index (χ3n) is 3.46. The summed E-state index contributed by atoms with van der Waals surface area (Å²) in [5.74, 6) is 6.49. The first kappa shape index (κ1) is 15.9. The second-order valence-corrected chi connectivity index (χ2v) is 6.27. The highest BCUT2D eigenvalue weighted by Gasteiger charge is 2.17. The van der Waals surface area contributed by atoms with Crippen LogP contribution >= 0.6 is 22.6 Å². The van der Waals surface area contributed by atoms with Crippen LogP contribution in [0.4, 0.5) is 0 Å². The molecule has 0 fully saturated rings. The van der Waals surface area contributed by atoms with Crippen molar-refractivity contribution >= 4 is 33.5 Å². The van der Waals surface area contributed by atoms with Gasteiger partial charge in [-0.25, -0.2) is 14.7 Å². The number of para-hydroxylation sites is 1. The maximum Gasteiger partial charge on any atom is 0.163 e. The molecule has 118 valence electrons. The van der Waals surface area contributed by atoms with E-state index in [1.165, 1.54) is 4.68 Å². The molecule has 0 bridgehead atoms. The molecular formula is C16H16IN5O. The van der Waals surface area contributed by atoms with E-state index in [-0.39, 0.29) is 0 Å². The monoisotopic (exact) mass is 421 g/mol. The molecule has 0 aliphatic rings. The van der Waals surface area contributed by atoms with E-state index in [1.807, 2.05) is 77.2 Å². The van der Waals surface area contributed by atoms with Crippen LogP contribution in [-0.2, 0) is 0 Å². The van der Waals surface area contributed by atoms with Gasteiger partial charge in [-0.05, 0) is 40.3 Å². The van der Waals surface area contributed by atoms with E-state index in [1.54, 1.807) is 0 Å². The highest BCUT2D eigenvalue weighted by atomic mass is 127. The smallest absolute Gasteiger partial charge is 0.163 e. The first-order valence-electron chi connectivity index (χ1n) is 7.01. The average Bonchev–Trinajstić information content (AvgIpc) is 2.57. The van der Waals surface area contributed by atoms with Crippen molar-refractivity contribution in [1.82, 2.24) is 9.66 Å². The molecule has 5 N–H and O–H groups in total. The molecule has 0 aliphatic heterocycles. The van der Waals surface area contributed by atoms with E-state index >= 15 is 0 Å². The summed E-state index contributed by atoms with van der Waals surface area (Å²) in [5, 5.41) is 11.4. The van der Waals surface area contributed by atoms with Gasteiger partial charge in [0.25, 0.3) is 0 Å². The van der Waals surface area contributed by atoms with Crippen molar-refractivity contribution in [2.45, 2.75) is 10.3 Å². The van der Waals surface area contributed by atoms with Crippen LogP contribution in [0, 0.1) is 0 Å². The van der Waals surface area contributed by atoms with E-state index in [4.69, 9.17) is 11.6 Å². The fraction of sp³-hybridized carbons (Fsp3) is 0.125. The molecule has 7 heteroatoms. The van der Waals surface area contributed by atoms with Crippen molar-refractivity contribution in [3.8, 4) is 0 Å². The number of aromatic nitrogens is 2. The number of nitrogen functional groups attached to an aromatic ring is 1. The molecule has 1 unspecified atom stereocenters. The lowest BCUT2D eigenvalue weighted by molar-refractivity contribution is 0.205. The predicted molar refractivity (Wildman–Crippen MR) is 97.9 cm³/mol. The minimum atomic E-state index is -0.954. The number of alkyl halides is 1. The molecule has 1 heterocycles. The summed E-state index contributed by atoms with van der Waals surface area (Å²) in [6.07, 6.45) is -0.954. The normalized spacial score (nSPS) is 14.8. The van der Waals surface area contributed by atoms with E-state index in [0.717, 1.165) is 5.39 Å². The average molecular weight is 421 g/mol. The van der Waals surface area contributed by atoms with Crippen LogP contribution in [-0.4, -0.2) is 18.9 Å². The maximum absolute atomic E-state index is 10.7. The molecule has 1 aromatic heterocycles. The van der Waals surface area contributed by atoms with Gasteiger partial charge in [0.05, 0.1) is 5.52 Å². The number of nitrogens with two attached hydrogens (primary N) is 2. The van der Waals surface area contributed by atoms with E-state index in [9.17, 15) is 5.11 Å². The van der Waals surface area contributed by atoms with Crippen LogP contribution < -0.4 is 17.1 Å². The van der Waals surface area contributed by atoms with Crippen molar-refractivity contribution in [1.29, 1.82) is 0 Å². The zero-order chi connectivity index (χ0) is 16.4. The van der Waals surface area contributed by atoms with E-state index in [2.05, 4.69) is 9.98 Å². The van der Waals surface area contributed by atoms with Gasteiger partial charge in [0.1, 0.15) is 6.10 Å². The summed E-state index contributed by atoms with van der Waals surface area (Å²) < 4.78 is 0.855. The standard InChI is InChI=1S/C16H16IN5O/c17-16(18)21-14-11-8-4-5-9-12(11)20-15(22(14)19)13(23)10-6-2-1-3-7-10/h1-9,13,16,23H,18-19H2/b21-14-/t13-,16?/m1/s1. The van der Waals surface area contributed by atoms with Crippen LogP contribution in [0.2, 0.25) is 0 Å². The largest absolute Gasteiger partial charge is 0.380 e. The number of benzene rings is 2. The Balaban J connectivity index is 2.28. The highest BCUT2D eigenvalue weighted by Crippen LogP contribution is 2.20. The van der Waals surface area contributed by atoms with Gasteiger partial charge in [-0.2, -0.15) is 0 Å². The number of rotatable bonds is 3. The molecule has 0 saturated heterocycles. The van der Waals surface area contributed by atoms with E-state index < -0.39 is 10.3 Å². The Morgan fingerprint density at radius 1 is 1.09 bits per heavy atom. The quantitative estimate of drug-likeness (QED) is 0.258. The zero-order valence-electron chi connectivity index (χ0n) is 12.2. The van der Waals surface area contributed by atoms with Crippen molar-refractivity contribution in [2.24, 2.45) is 10.7 Å². The number of aliphatic hydroxyl groups excluding tert-OH is 1. The van der Waals surface area contributed by atoms with Gasteiger partial charge in [0.2, 0.25) is 0 Å². The fourth-order valence-corrected chi connectivity index (χ4v) is 2.67. The summed E-state index contributed by atoms with van der Waals surface area (Å²) in [6.45, 7) is 0. The van der Waals surface area contributed by atoms with Gasteiger partial charge in [-0.3, -0.25) is 0 Å². The summed E-state index contributed by atoms with van der Waals surface area (Å²) in [7, 11) is 0. The van der Waals surface area contributed by atoms with Gasteiger partial charge < -0.3 is 16.7 Å². The summed E-state index contributed by atoms with van der Waals surface area (Å²) >= 11 is 2.00. The molecule has 23 heavy (non-hydrogen) atoms. The number of aliphatic hydroxyl groups is 1. The van der Waals surface area contributed by atoms with Crippen molar-refractivity contribution in [3.05, 3.63) is 71.5 Å².